The third-order valence-corrected chi connectivity index (χ3v) is 3.29. The van der Waals surface area contributed by atoms with Gasteiger partial charge in [-0.15, -0.1) is 0 Å². The highest BCUT2D eigenvalue weighted by Crippen LogP contribution is 2.23. The lowest BCUT2D eigenvalue weighted by Gasteiger charge is -2.25. The molecule has 0 saturated carbocycles. The van der Waals surface area contributed by atoms with Crippen molar-refractivity contribution in [2.75, 3.05) is 24.5 Å². The molecule has 4 nitrogen and oxygen atoms in total. The molecule has 5 heteroatoms. The number of nitrogens with one attached hydrogen (secondary N) is 1. The molecule has 0 aliphatic carbocycles. The van der Waals surface area contributed by atoms with E-state index in [1.165, 1.54) is 0 Å². The largest absolute Gasteiger partial charge is 0.389 e. The third-order valence-electron chi connectivity index (χ3n) is 3.07. The Morgan fingerprint density at radius 2 is 2.22 bits per heavy atom. The van der Waals surface area contributed by atoms with Gasteiger partial charge in [-0.3, -0.25) is 4.79 Å². The summed E-state index contributed by atoms with van der Waals surface area (Å²) in [5.74, 6) is 0.0991. The van der Waals surface area contributed by atoms with Gasteiger partial charge in [-0.25, -0.2) is 0 Å². The van der Waals surface area contributed by atoms with E-state index in [4.69, 9.17) is 18.0 Å². The molecule has 1 aromatic carbocycles. The van der Waals surface area contributed by atoms with Crippen LogP contribution >= 0.6 is 12.2 Å². The van der Waals surface area contributed by atoms with Crippen LogP contribution in [0.4, 0.5) is 5.69 Å². The SMILES string of the molecule is Cc1ccc(C(N)=S)c(N2CCNC(=O)CC2)c1. The number of anilines is 1. The normalized spacial score (nSPS) is 16.1. The molecule has 1 saturated heterocycles. The van der Waals surface area contributed by atoms with Gasteiger partial charge in [0.2, 0.25) is 5.91 Å². The first kappa shape index (κ1) is 12.8. The lowest BCUT2D eigenvalue weighted by molar-refractivity contribution is -0.120. The van der Waals surface area contributed by atoms with Crippen LogP contribution in [-0.4, -0.2) is 30.5 Å². The first-order chi connectivity index (χ1) is 8.58. The second-order valence-electron chi connectivity index (χ2n) is 4.47. The first-order valence-electron chi connectivity index (χ1n) is 6.00. The topological polar surface area (TPSA) is 58.4 Å². The van der Waals surface area contributed by atoms with Gasteiger partial charge < -0.3 is 16.0 Å². The minimum absolute atomic E-state index is 0.0991. The average molecular weight is 263 g/mol. The van der Waals surface area contributed by atoms with Gasteiger partial charge in [0.25, 0.3) is 0 Å². The third kappa shape index (κ3) is 2.79. The summed E-state index contributed by atoms with van der Waals surface area (Å²) < 4.78 is 0. The Morgan fingerprint density at radius 1 is 1.44 bits per heavy atom. The van der Waals surface area contributed by atoms with Crippen LogP contribution in [0.2, 0.25) is 0 Å². The maximum absolute atomic E-state index is 11.4. The zero-order valence-corrected chi connectivity index (χ0v) is 11.2. The molecular weight excluding hydrogens is 246 g/mol. The second kappa shape index (κ2) is 5.35. The van der Waals surface area contributed by atoms with E-state index in [-0.39, 0.29) is 5.91 Å². The number of aryl methyl sites for hydroxylation is 1. The predicted octanol–water partition coefficient (Wildman–Crippen LogP) is 0.956. The molecular formula is C13H17N3OS. The van der Waals surface area contributed by atoms with Crippen LogP contribution in [0.3, 0.4) is 0 Å². The van der Waals surface area contributed by atoms with Crippen molar-refractivity contribution in [1.82, 2.24) is 5.32 Å². The maximum atomic E-state index is 11.4. The van der Waals surface area contributed by atoms with E-state index in [1.807, 2.05) is 19.1 Å². The van der Waals surface area contributed by atoms with Gasteiger partial charge in [0, 0.05) is 37.3 Å². The molecule has 1 aromatic rings. The van der Waals surface area contributed by atoms with Crippen molar-refractivity contribution in [3.8, 4) is 0 Å². The highest BCUT2D eigenvalue weighted by molar-refractivity contribution is 7.80. The molecule has 0 spiro atoms. The summed E-state index contributed by atoms with van der Waals surface area (Å²) in [5.41, 5.74) is 8.83. The van der Waals surface area contributed by atoms with Crippen molar-refractivity contribution in [2.24, 2.45) is 5.73 Å². The van der Waals surface area contributed by atoms with E-state index in [9.17, 15) is 4.79 Å². The number of rotatable bonds is 2. The molecule has 1 amide bonds. The molecule has 2 rings (SSSR count). The number of hydrogen-bond acceptors (Lipinski definition) is 3. The molecule has 1 heterocycles. The summed E-state index contributed by atoms with van der Waals surface area (Å²) in [4.78, 5) is 13.9. The van der Waals surface area contributed by atoms with Gasteiger partial charge in [0.15, 0.2) is 0 Å². The van der Waals surface area contributed by atoms with Crippen LogP contribution in [0.1, 0.15) is 17.5 Å². The summed E-state index contributed by atoms with van der Waals surface area (Å²) in [5, 5.41) is 2.86. The second-order valence-corrected chi connectivity index (χ2v) is 4.91. The van der Waals surface area contributed by atoms with E-state index < -0.39 is 0 Å². The van der Waals surface area contributed by atoms with Gasteiger partial charge in [0.1, 0.15) is 4.99 Å². The molecule has 0 unspecified atom stereocenters. The van der Waals surface area contributed by atoms with Gasteiger partial charge in [-0.05, 0) is 24.6 Å². The van der Waals surface area contributed by atoms with Gasteiger partial charge in [0.05, 0.1) is 0 Å². The number of thiocarbonyl (C=S) groups is 1. The molecule has 1 aliphatic rings. The van der Waals surface area contributed by atoms with Crippen LogP contribution in [0, 0.1) is 6.92 Å². The van der Waals surface area contributed by atoms with Gasteiger partial charge in [-0.2, -0.15) is 0 Å². The molecule has 0 radical (unpaired) electrons. The Morgan fingerprint density at radius 3 is 2.94 bits per heavy atom. The fourth-order valence-electron chi connectivity index (χ4n) is 2.12. The summed E-state index contributed by atoms with van der Waals surface area (Å²) in [6, 6.07) is 6.02. The average Bonchev–Trinajstić information content (AvgIpc) is 2.53. The van der Waals surface area contributed by atoms with E-state index in [1.54, 1.807) is 0 Å². The molecule has 0 atom stereocenters. The molecule has 18 heavy (non-hydrogen) atoms. The fourth-order valence-corrected chi connectivity index (χ4v) is 2.29. The van der Waals surface area contributed by atoms with Gasteiger partial charge in [-0.1, -0.05) is 18.3 Å². The lowest BCUT2D eigenvalue weighted by atomic mass is 10.1. The van der Waals surface area contributed by atoms with Crippen molar-refractivity contribution in [3.63, 3.8) is 0 Å². The molecule has 1 fully saturated rings. The summed E-state index contributed by atoms with van der Waals surface area (Å²) in [6.07, 6.45) is 0.505. The highest BCUT2D eigenvalue weighted by Gasteiger charge is 2.17. The monoisotopic (exact) mass is 263 g/mol. The molecule has 0 bridgehead atoms. The molecule has 0 aromatic heterocycles. The van der Waals surface area contributed by atoms with Crippen LogP contribution < -0.4 is 16.0 Å². The summed E-state index contributed by atoms with van der Waals surface area (Å²) in [7, 11) is 0. The minimum atomic E-state index is 0.0991. The van der Waals surface area contributed by atoms with Crippen LogP contribution in [0.15, 0.2) is 18.2 Å². The van der Waals surface area contributed by atoms with Crippen molar-refractivity contribution < 1.29 is 4.79 Å². The summed E-state index contributed by atoms with van der Waals surface area (Å²) >= 11 is 5.09. The highest BCUT2D eigenvalue weighted by atomic mass is 32.1. The van der Waals surface area contributed by atoms with E-state index in [0.717, 1.165) is 23.4 Å². The Kier molecular flexibility index (Phi) is 3.81. The standard InChI is InChI=1S/C13H17N3OS/c1-9-2-3-10(13(14)18)11(8-9)16-6-4-12(17)15-5-7-16/h2-3,8H,4-7H2,1H3,(H2,14,18)(H,15,17). The predicted molar refractivity (Wildman–Crippen MR) is 76.9 cm³/mol. The first-order valence-corrected chi connectivity index (χ1v) is 6.41. The van der Waals surface area contributed by atoms with Crippen molar-refractivity contribution in [1.29, 1.82) is 0 Å². The number of carbonyl (C=O) groups excluding carboxylic acids is 1. The van der Waals surface area contributed by atoms with Crippen molar-refractivity contribution in [3.05, 3.63) is 29.3 Å². The van der Waals surface area contributed by atoms with Crippen LogP contribution in [0.25, 0.3) is 0 Å². The van der Waals surface area contributed by atoms with E-state index in [2.05, 4.69) is 16.3 Å². The number of hydrogen-bond donors (Lipinski definition) is 2. The molecule has 3 N–H and O–H groups in total. The molecule has 1 aliphatic heterocycles. The van der Waals surface area contributed by atoms with E-state index in [0.29, 0.717) is 24.5 Å². The Hall–Kier alpha value is -1.62. The van der Waals surface area contributed by atoms with Crippen LogP contribution in [0.5, 0.6) is 0 Å². The number of nitrogens with two attached hydrogens (primary N) is 1. The summed E-state index contributed by atoms with van der Waals surface area (Å²) in [6.45, 7) is 4.17. The number of nitrogens with zero attached hydrogens (tertiary/aromatic N) is 1. The van der Waals surface area contributed by atoms with Crippen molar-refractivity contribution in [2.45, 2.75) is 13.3 Å². The smallest absolute Gasteiger partial charge is 0.221 e. The van der Waals surface area contributed by atoms with E-state index >= 15 is 0 Å². The Labute approximate surface area is 112 Å². The quantitative estimate of drug-likeness (QED) is 0.780. The van der Waals surface area contributed by atoms with Gasteiger partial charge >= 0.3 is 0 Å². The fraction of sp³-hybridized carbons (Fsp3) is 0.385. The Bertz CT molecular complexity index is 487. The Balaban J connectivity index is 2.33. The van der Waals surface area contributed by atoms with Crippen LogP contribution in [-0.2, 0) is 4.79 Å². The zero-order chi connectivity index (χ0) is 13.1. The number of carbonyl (C=O) groups is 1. The zero-order valence-electron chi connectivity index (χ0n) is 10.4. The van der Waals surface area contributed by atoms with Crippen molar-refractivity contribution >= 4 is 28.8 Å². The number of benzene rings is 1. The number of amides is 1. The maximum Gasteiger partial charge on any atom is 0.221 e. The molecule has 96 valence electrons. The minimum Gasteiger partial charge on any atom is -0.389 e. The lowest BCUT2D eigenvalue weighted by Crippen LogP contribution is -2.30.